The van der Waals surface area contributed by atoms with Crippen LogP contribution in [0.4, 0.5) is 5.69 Å². The summed E-state index contributed by atoms with van der Waals surface area (Å²) in [5.41, 5.74) is 8.44. The van der Waals surface area contributed by atoms with Crippen molar-refractivity contribution in [3.63, 3.8) is 0 Å². The van der Waals surface area contributed by atoms with Crippen molar-refractivity contribution in [2.24, 2.45) is 5.73 Å². The van der Waals surface area contributed by atoms with Gasteiger partial charge in [0.05, 0.1) is 10.6 Å². The van der Waals surface area contributed by atoms with Crippen molar-refractivity contribution in [3.05, 3.63) is 59.7 Å². The summed E-state index contributed by atoms with van der Waals surface area (Å²) in [6, 6.07) is 14.7. The molecule has 0 saturated carbocycles. The van der Waals surface area contributed by atoms with Crippen LogP contribution in [0, 0.1) is 0 Å². The summed E-state index contributed by atoms with van der Waals surface area (Å²) in [4.78, 5) is 0.333. The Balaban J connectivity index is 1.94. The average molecular weight is 302 g/mol. The van der Waals surface area contributed by atoms with Gasteiger partial charge in [-0.3, -0.25) is 4.31 Å². The molecule has 2 N–H and O–H groups in total. The Bertz CT molecular complexity index is 739. The van der Waals surface area contributed by atoms with Gasteiger partial charge in [-0.15, -0.1) is 0 Å². The van der Waals surface area contributed by atoms with E-state index < -0.39 is 10.0 Å². The Morgan fingerprint density at radius 3 is 2.48 bits per heavy atom. The zero-order chi connectivity index (χ0) is 14.9. The highest BCUT2D eigenvalue weighted by molar-refractivity contribution is 7.92. The van der Waals surface area contributed by atoms with E-state index in [1.165, 1.54) is 4.31 Å². The van der Waals surface area contributed by atoms with Gasteiger partial charge in [-0.05, 0) is 48.7 Å². The standard InChI is InChI=1S/C16H18N2O2S/c17-11-9-13-5-7-15(8-6-13)21(19,20)18-12-10-14-3-1-2-4-16(14)18/h1-8H,9-12,17H2. The smallest absolute Gasteiger partial charge is 0.264 e. The minimum Gasteiger partial charge on any atom is -0.330 e. The van der Waals surface area contributed by atoms with E-state index in [4.69, 9.17) is 5.73 Å². The van der Waals surface area contributed by atoms with E-state index in [0.717, 1.165) is 29.7 Å². The lowest BCUT2D eigenvalue weighted by atomic mass is 10.2. The van der Waals surface area contributed by atoms with E-state index in [-0.39, 0.29) is 0 Å². The number of hydrogen-bond donors (Lipinski definition) is 1. The van der Waals surface area contributed by atoms with Crippen LogP contribution in [0.2, 0.25) is 0 Å². The minimum atomic E-state index is -3.48. The molecule has 2 aromatic rings. The summed E-state index contributed by atoms with van der Waals surface area (Å²) in [7, 11) is -3.48. The van der Waals surface area contributed by atoms with Gasteiger partial charge in [0.15, 0.2) is 0 Å². The predicted octanol–water partition coefficient (Wildman–Crippen LogP) is 1.94. The Labute approximate surface area is 125 Å². The monoisotopic (exact) mass is 302 g/mol. The first-order valence-corrected chi connectivity index (χ1v) is 8.46. The molecule has 0 aliphatic carbocycles. The van der Waals surface area contributed by atoms with E-state index in [1.807, 2.05) is 36.4 Å². The molecule has 1 aliphatic rings. The zero-order valence-electron chi connectivity index (χ0n) is 11.7. The van der Waals surface area contributed by atoms with E-state index in [1.54, 1.807) is 12.1 Å². The van der Waals surface area contributed by atoms with Gasteiger partial charge in [0.1, 0.15) is 0 Å². The molecule has 2 aromatic carbocycles. The number of anilines is 1. The van der Waals surface area contributed by atoms with Gasteiger partial charge in [0.25, 0.3) is 10.0 Å². The molecule has 3 rings (SSSR count). The second kappa shape index (κ2) is 5.50. The molecule has 5 heteroatoms. The molecular formula is C16H18N2O2S. The van der Waals surface area contributed by atoms with Gasteiger partial charge in [0.2, 0.25) is 0 Å². The highest BCUT2D eigenvalue weighted by atomic mass is 32.2. The molecule has 0 bridgehead atoms. The zero-order valence-corrected chi connectivity index (χ0v) is 12.5. The Morgan fingerprint density at radius 2 is 1.76 bits per heavy atom. The summed E-state index contributed by atoms with van der Waals surface area (Å²) < 4.78 is 27.0. The first-order chi connectivity index (χ1) is 10.1. The quantitative estimate of drug-likeness (QED) is 0.939. The molecule has 0 atom stereocenters. The first-order valence-electron chi connectivity index (χ1n) is 7.02. The maximum absolute atomic E-state index is 12.8. The molecule has 1 heterocycles. The second-order valence-corrected chi connectivity index (χ2v) is 7.00. The molecule has 0 unspecified atom stereocenters. The van der Waals surface area contributed by atoms with Crippen LogP contribution in [-0.2, 0) is 22.9 Å². The van der Waals surface area contributed by atoms with Gasteiger partial charge < -0.3 is 5.73 Å². The molecule has 0 fully saturated rings. The third-order valence-electron chi connectivity index (χ3n) is 3.79. The molecule has 4 nitrogen and oxygen atoms in total. The van der Waals surface area contributed by atoms with Crippen molar-refractivity contribution in [1.82, 2.24) is 0 Å². The average Bonchev–Trinajstić information content (AvgIpc) is 2.93. The Kier molecular flexibility index (Phi) is 3.69. The third kappa shape index (κ3) is 2.54. The first kappa shape index (κ1) is 14.1. The van der Waals surface area contributed by atoms with Crippen LogP contribution < -0.4 is 10.0 Å². The molecular weight excluding hydrogens is 284 g/mol. The summed E-state index contributed by atoms with van der Waals surface area (Å²) in [6.07, 6.45) is 1.52. The molecule has 0 aromatic heterocycles. The molecule has 0 amide bonds. The van der Waals surface area contributed by atoms with Crippen molar-refractivity contribution in [2.75, 3.05) is 17.4 Å². The highest BCUT2D eigenvalue weighted by Crippen LogP contribution is 2.32. The lowest BCUT2D eigenvalue weighted by Crippen LogP contribution is -2.29. The SMILES string of the molecule is NCCc1ccc(S(=O)(=O)N2CCc3ccccc32)cc1. The number of nitrogens with zero attached hydrogens (tertiary/aromatic N) is 1. The fraction of sp³-hybridized carbons (Fsp3) is 0.250. The second-order valence-electron chi connectivity index (χ2n) is 5.14. The van der Waals surface area contributed by atoms with Gasteiger partial charge in [-0.25, -0.2) is 8.42 Å². The number of hydrogen-bond acceptors (Lipinski definition) is 3. The van der Waals surface area contributed by atoms with Gasteiger partial charge >= 0.3 is 0 Å². The summed E-state index contributed by atoms with van der Waals surface area (Å²) in [5, 5.41) is 0. The minimum absolute atomic E-state index is 0.333. The topological polar surface area (TPSA) is 63.4 Å². The van der Waals surface area contributed by atoms with Gasteiger partial charge in [0, 0.05) is 6.54 Å². The number of rotatable bonds is 4. The van der Waals surface area contributed by atoms with Crippen LogP contribution >= 0.6 is 0 Å². The van der Waals surface area contributed by atoms with Gasteiger partial charge in [-0.2, -0.15) is 0 Å². The lowest BCUT2D eigenvalue weighted by molar-refractivity contribution is 0.592. The fourth-order valence-corrected chi connectivity index (χ4v) is 4.18. The van der Waals surface area contributed by atoms with E-state index >= 15 is 0 Å². The number of nitrogens with two attached hydrogens (primary N) is 1. The summed E-state index contributed by atoms with van der Waals surface area (Å²) in [6.45, 7) is 1.07. The molecule has 0 saturated heterocycles. The van der Waals surface area contributed by atoms with Crippen LogP contribution in [0.15, 0.2) is 53.4 Å². The molecule has 21 heavy (non-hydrogen) atoms. The number of fused-ring (bicyclic) bond motifs is 1. The third-order valence-corrected chi connectivity index (χ3v) is 5.62. The molecule has 0 spiro atoms. The largest absolute Gasteiger partial charge is 0.330 e. The Morgan fingerprint density at radius 1 is 1.05 bits per heavy atom. The number of benzene rings is 2. The molecule has 1 aliphatic heterocycles. The maximum atomic E-state index is 12.8. The van der Waals surface area contributed by atoms with Crippen LogP contribution in [0.3, 0.4) is 0 Å². The van der Waals surface area contributed by atoms with E-state index in [0.29, 0.717) is 18.0 Å². The van der Waals surface area contributed by atoms with Crippen molar-refractivity contribution >= 4 is 15.7 Å². The summed E-state index contributed by atoms with van der Waals surface area (Å²) >= 11 is 0. The maximum Gasteiger partial charge on any atom is 0.264 e. The van der Waals surface area contributed by atoms with E-state index in [9.17, 15) is 8.42 Å². The molecule has 0 radical (unpaired) electrons. The van der Waals surface area contributed by atoms with Crippen molar-refractivity contribution < 1.29 is 8.42 Å². The van der Waals surface area contributed by atoms with Crippen LogP contribution in [0.1, 0.15) is 11.1 Å². The lowest BCUT2D eigenvalue weighted by Gasteiger charge is -2.19. The van der Waals surface area contributed by atoms with Crippen molar-refractivity contribution in [2.45, 2.75) is 17.7 Å². The highest BCUT2D eigenvalue weighted by Gasteiger charge is 2.30. The predicted molar refractivity (Wildman–Crippen MR) is 83.9 cm³/mol. The fourth-order valence-electron chi connectivity index (χ4n) is 2.68. The van der Waals surface area contributed by atoms with E-state index in [2.05, 4.69) is 0 Å². The summed E-state index contributed by atoms with van der Waals surface area (Å²) in [5.74, 6) is 0. The van der Waals surface area contributed by atoms with Crippen LogP contribution in [0.5, 0.6) is 0 Å². The van der Waals surface area contributed by atoms with Crippen LogP contribution in [-0.4, -0.2) is 21.5 Å². The number of para-hydroxylation sites is 1. The number of sulfonamides is 1. The van der Waals surface area contributed by atoms with Crippen LogP contribution in [0.25, 0.3) is 0 Å². The molecule has 110 valence electrons. The Hall–Kier alpha value is -1.85. The normalized spacial score (nSPS) is 14.2. The van der Waals surface area contributed by atoms with Crippen molar-refractivity contribution in [1.29, 1.82) is 0 Å². The van der Waals surface area contributed by atoms with Gasteiger partial charge in [-0.1, -0.05) is 30.3 Å². The van der Waals surface area contributed by atoms with Crippen molar-refractivity contribution in [3.8, 4) is 0 Å².